The van der Waals surface area contributed by atoms with Gasteiger partial charge in [-0.05, 0) is 49.7 Å². The number of aromatic nitrogens is 1. The molecule has 0 radical (unpaired) electrons. The van der Waals surface area contributed by atoms with Gasteiger partial charge in [0.05, 0.1) is 5.52 Å². The number of amides is 2. The van der Waals surface area contributed by atoms with Gasteiger partial charge in [0.2, 0.25) is 11.8 Å². The largest absolute Gasteiger partial charge is 0.368 e. The first-order chi connectivity index (χ1) is 14.4. The average Bonchev–Trinajstić information content (AvgIpc) is 3.01. The number of aldehydes is 1. The number of hydrogen-bond donors (Lipinski definition) is 2. The lowest BCUT2D eigenvalue weighted by atomic mass is 9.84. The third-order valence-electron chi connectivity index (χ3n) is 6.17. The summed E-state index contributed by atoms with van der Waals surface area (Å²) in [5.74, 6) is 5.49. The zero-order valence-corrected chi connectivity index (χ0v) is 17.8. The van der Waals surface area contributed by atoms with Crippen molar-refractivity contribution in [2.75, 3.05) is 12.4 Å². The summed E-state index contributed by atoms with van der Waals surface area (Å²) >= 11 is 0. The fourth-order valence-corrected chi connectivity index (χ4v) is 4.73. The number of nitrogen functional groups attached to an aromatic ring is 1. The number of nitrogens with zero attached hydrogens (tertiary/aromatic N) is 2. The van der Waals surface area contributed by atoms with Gasteiger partial charge >= 0.3 is 0 Å². The second-order valence-corrected chi connectivity index (χ2v) is 8.54. The first kappa shape index (κ1) is 21.9. The number of benzene rings is 1. The Morgan fingerprint density at radius 3 is 2.67 bits per heavy atom. The Morgan fingerprint density at radius 2 is 2.00 bits per heavy atom. The second-order valence-electron chi connectivity index (χ2n) is 8.54. The average molecular weight is 413 g/mol. The lowest BCUT2D eigenvalue weighted by Crippen LogP contribution is -2.53. The molecule has 162 valence electrons. The molecule has 1 aromatic heterocycles. The molecule has 1 unspecified atom stereocenters. The van der Waals surface area contributed by atoms with Crippen LogP contribution in [0.3, 0.4) is 0 Å². The van der Waals surface area contributed by atoms with Crippen LogP contribution in [-0.2, 0) is 27.2 Å². The van der Waals surface area contributed by atoms with E-state index < -0.39 is 11.9 Å². The summed E-state index contributed by atoms with van der Waals surface area (Å²) in [5, 5.41) is 1.08. The molecule has 0 fully saturated rings. The monoisotopic (exact) mass is 412 g/mol. The number of unbranched alkanes of at least 4 members (excludes halogenated alkanes) is 2. The highest BCUT2D eigenvalue weighted by atomic mass is 16.2. The normalized spacial score (nSPS) is 17.0. The molecule has 7 heteroatoms. The molecule has 1 heterocycles. The van der Waals surface area contributed by atoms with E-state index in [-0.39, 0.29) is 17.7 Å². The molecule has 3 rings (SSSR count). The zero-order valence-electron chi connectivity index (χ0n) is 17.8. The highest BCUT2D eigenvalue weighted by molar-refractivity contribution is 5.90. The lowest BCUT2D eigenvalue weighted by Gasteiger charge is -2.36. The van der Waals surface area contributed by atoms with Crippen molar-refractivity contribution in [1.82, 2.24) is 9.58 Å². The third-order valence-corrected chi connectivity index (χ3v) is 6.17. The molecule has 30 heavy (non-hydrogen) atoms. The van der Waals surface area contributed by atoms with Crippen molar-refractivity contribution in [3.05, 3.63) is 35.5 Å². The van der Waals surface area contributed by atoms with Crippen LogP contribution in [0.4, 0.5) is 0 Å². The molecule has 2 atom stereocenters. The molecule has 0 spiro atoms. The Balaban J connectivity index is 1.86. The van der Waals surface area contributed by atoms with E-state index in [1.807, 2.05) is 38.1 Å². The van der Waals surface area contributed by atoms with Crippen LogP contribution in [0, 0.1) is 11.8 Å². The number of fused-ring (bicyclic) bond motifs is 3. The molecule has 1 aromatic carbocycles. The minimum atomic E-state index is -0.647. The maximum Gasteiger partial charge on any atom is 0.240 e. The van der Waals surface area contributed by atoms with Crippen molar-refractivity contribution in [1.29, 1.82) is 0 Å². The van der Waals surface area contributed by atoms with E-state index in [0.717, 1.165) is 34.9 Å². The van der Waals surface area contributed by atoms with Gasteiger partial charge in [-0.2, -0.15) is 0 Å². The Hall–Kier alpha value is -2.83. The van der Waals surface area contributed by atoms with Gasteiger partial charge in [0.15, 0.2) is 0 Å². The molecular weight excluding hydrogens is 380 g/mol. The first-order valence-corrected chi connectivity index (χ1v) is 10.8. The van der Waals surface area contributed by atoms with Crippen molar-refractivity contribution in [2.24, 2.45) is 17.6 Å². The van der Waals surface area contributed by atoms with Gasteiger partial charge in [-0.3, -0.25) is 14.3 Å². The standard InChI is InChI=1S/C23H32N4O3/c1-15(2)21(22(24)29)26(12-6-3-7-13-28)23(30)16-10-11-20-18(14-16)17-8-4-5-9-19(17)27(20)25/h4-5,8-9,13,15-16,21H,3,6-7,10-12,14,25H2,1-2H3,(H2,24,29)/t16?,21-/m0/s1. The predicted molar refractivity (Wildman–Crippen MR) is 117 cm³/mol. The van der Waals surface area contributed by atoms with Gasteiger partial charge in [0, 0.05) is 30.0 Å². The number of carbonyl (C=O) groups excluding carboxylic acids is 3. The highest BCUT2D eigenvalue weighted by Crippen LogP contribution is 2.34. The van der Waals surface area contributed by atoms with E-state index in [2.05, 4.69) is 0 Å². The second kappa shape index (κ2) is 9.32. The van der Waals surface area contributed by atoms with Gasteiger partial charge < -0.3 is 21.3 Å². The number of nitrogens with two attached hydrogens (primary N) is 2. The Kier molecular flexibility index (Phi) is 6.80. The van der Waals surface area contributed by atoms with Crippen LogP contribution >= 0.6 is 0 Å². The molecule has 2 amide bonds. The molecule has 1 aliphatic rings. The van der Waals surface area contributed by atoms with E-state index in [1.54, 1.807) is 9.58 Å². The predicted octanol–water partition coefficient (Wildman–Crippen LogP) is 2.17. The SMILES string of the molecule is CC(C)[C@@H](C(N)=O)N(CCCCC=O)C(=O)C1CCc2c(c3ccccc3n2N)C1. The molecule has 2 aromatic rings. The Bertz CT molecular complexity index is 934. The van der Waals surface area contributed by atoms with Crippen LogP contribution in [-0.4, -0.2) is 40.3 Å². The number of hydrogen-bond acceptors (Lipinski definition) is 4. The smallest absolute Gasteiger partial charge is 0.240 e. The first-order valence-electron chi connectivity index (χ1n) is 10.8. The van der Waals surface area contributed by atoms with Crippen LogP contribution in [0.5, 0.6) is 0 Å². The molecular formula is C23H32N4O3. The molecule has 1 aliphatic carbocycles. The number of primary amides is 1. The molecule has 0 bridgehead atoms. The Labute approximate surface area is 177 Å². The fraction of sp³-hybridized carbons (Fsp3) is 0.522. The van der Waals surface area contributed by atoms with Crippen molar-refractivity contribution >= 4 is 29.0 Å². The van der Waals surface area contributed by atoms with Crippen LogP contribution in [0.2, 0.25) is 0 Å². The van der Waals surface area contributed by atoms with Gasteiger partial charge in [-0.15, -0.1) is 0 Å². The van der Waals surface area contributed by atoms with Crippen molar-refractivity contribution in [3.8, 4) is 0 Å². The zero-order chi connectivity index (χ0) is 21.8. The van der Waals surface area contributed by atoms with Crippen molar-refractivity contribution in [2.45, 2.75) is 58.4 Å². The topological polar surface area (TPSA) is 111 Å². The van der Waals surface area contributed by atoms with E-state index in [9.17, 15) is 14.4 Å². The maximum atomic E-state index is 13.6. The van der Waals surface area contributed by atoms with Crippen LogP contribution < -0.4 is 11.6 Å². The minimum absolute atomic E-state index is 0.0295. The fourth-order valence-electron chi connectivity index (χ4n) is 4.73. The van der Waals surface area contributed by atoms with E-state index in [4.69, 9.17) is 11.6 Å². The minimum Gasteiger partial charge on any atom is -0.368 e. The summed E-state index contributed by atoms with van der Waals surface area (Å²) in [5.41, 5.74) is 8.85. The summed E-state index contributed by atoms with van der Waals surface area (Å²) in [7, 11) is 0. The summed E-state index contributed by atoms with van der Waals surface area (Å²) in [4.78, 5) is 38.1. The van der Waals surface area contributed by atoms with Gasteiger partial charge in [0.25, 0.3) is 0 Å². The summed E-state index contributed by atoms with van der Waals surface area (Å²) in [6, 6.07) is 7.33. The van der Waals surface area contributed by atoms with Gasteiger partial charge in [-0.1, -0.05) is 32.0 Å². The van der Waals surface area contributed by atoms with Crippen LogP contribution in [0.1, 0.15) is 50.8 Å². The van der Waals surface area contributed by atoms with E-state index in [0.29, 0.717) is 38.6 Å². The quantitative estimate of drug-likeness (QED) is 0.373. The molecule has 0 saturated heterocycles. The van der Waals surface area contributed by atoms with E-state index in [1.165, 1.54) is 0 Å². The number of carbonyl (C=O) groups is 3. The summed E-state index contributed by atoms with van der Waals surface area (Å²) in [6.07, 6.45) is 4.70. The molecule has 7 nitrogen and oxygen atoms in total. The number of para-hydroxylation sites is 1. The van der Waals surface area contributed by atoms with E-state index >= 15 is 0 Å². The molecule has 0 aliphatic heterocycles. The highest BCUT2D eigenvalue weighted by Gasteiger charge is 2.36. The summed E-state index contributed by atoms with van der Waals surface area (Å²) < 4.78 is 1.74. The molecule has 4 N–H and O–H groups in total. The van der Waals surface area contributed by atoms with Gasteiger partial charge in [0.1, 0.15) is 12.3 Å². The van der Waals surface area contributed by atoms with Gasteiger partial charge in [-0.25, -0.2) is 0 Å². The summed E-state index contributed by atoms with van der Waals surface area (Å²) in [6.45, 7) is 4.24. The van der Waals surface area contributed by atoms with Crippen molar-refractivity contribution < 1.29 is 14.4 Å². The maximum absolute atomic E-state index is 13.6. The molecule has 0 saturated carbocycles. The Morgan fingerprint density at radius 1 is 1.27 bits per heavy atom. The number of rotatable bonds is 9. The van der Waals surface area contributed by atoms with Crippen LogP contribution in [0.25, 0.3) is 10.9 Å². The lowest BCUT2D eigenvalue weighted by molar-refractivity contribution is -0.144. The van der Waals surface area contributed by atoms with Crippen LogP contribution in [0.15, 0.2) is 24.3 Å². The van der Waals surface area contributed by atoms with Crippen molar-refractivity contribution in [3.63, 3.8) is 0 Å². The third kappa shape index (κ3) is 4.20.